The molecule has 0 atom stereocenters. The zero-order valence-electron chi connectivity index (χ0n) is 15.3. The Balaban J connectivity index is 1.79. The molecule has 2 aromatic heterocycles. The number of hydrogen-bond acceptors (Lipinski definition) is 5. The lowest BCUT2D eigenvalue weighted by atomic mass is 10.1. The average Bonchev–Trinajstić information content (AvgIpc) is 3.33. The molecule has 29 heavy (non-hydrogen) atoms. The quantitative estimate of drug-likeness (QED) is 0.419. The van der Waals surface area contributed by atoms with E-state index in [2.05, 4.69) is 0 Å². The van der Waals surface area contributed by atoms with E-state index < -0.39 is 16.7 Å². The molecule has 0 aliphatic rings. The minimum atomic E-state index is -0.650. The second kappa shape index (κ2) is 6.75. The standard InChI is InChI=1S/C21H15N3O5/c1-12-6-7-14(17(10-12)24(27)28)18-8-9-19(29-18)21(26)23-11-15(20(22)25)13-4-2-3-5-16(13)23/h2-11H,1H3,(H2,22,25). The van der Waals surface area contributed by atoms with Crippen molar-refractivity contribution in [2.75, 3.05) is 0 Å². The van der Waals surface area contributed by atoms with Crippen molar-refractivity contribution in [2.24, 2.45) is 5.73 Å². The molecule has 4 aromatic rings. The molecule has 0 bridgehead atoms. The molecule has 0 fully saturated rings. The number of primary amides is 1. The molecule has 0 radical (unpaired) electrons. The molecular formula is C21H15N3O5. The van der Waals surface area contributed by atoms with E-state index >= 15 is 0 Å². The van der Waals surface area contributed by atoms with Crippen LogP contribution in [0.15, 0.2) is 65.2 Å². The first-order valence-electron chi connectivity index (χ1n) is 8.66. The highest BCUT2D eigenvalue weighted by Gasteiger charge is 2.23. The molecule has 8 nitrogen and oxygen atoms in total. The molecule has 0 aliphatic heterocycles. The van der Waals surface area contributed by atoms with Crippen molar-refractivity contribution in [3.8, 4) is 11.3 Å². The van der Waals surface area contributed by atoms with Gasteiger partial charge in [0.15, 0.2) is 5.76 Å². The Morgan fingerprint density at radius 1 is 1.10 bits per heavy atom. The van der Waals surface area contributed by atoms with Crippen LogP contribution in [0.25, 0.3) is 22.2 Å². The van der Waals surface area contributed by atoms with Gasteiger partial charge in [0.25, 0.3) is 17.5 Å². The fourth-order valence-corrected chi connectivity index (χ4v) is 3.26. The number of amides is 1. The number of carbonyl (C=O) groups excluding carboxylic acids is 2. The third-order valence-electron chi connectivity index (χ3n) is 4.63. The Morgan fingerprint density at radius 2 is 1.86 bits per heavy atom. The summed E-state index contributed by atoms with van der Waals surface area (Å²) in [5.74, 6) is -0.990. The van der Waals surface area contributed by atoms with Crippen molar-refractivity contribution in [1.29, 1.82) is 0 Å². The smallest absolute Gasteiger partial charge is 0.298 e. The second-order valence-corrected chi connectivity index (χ2v) is 6.54. The number of nitrogens with two attached hydrogens (primary N) is 1. The number of nitro benzene ring substituents is 1. The average molecular weight is 389 g/mol. The van der Waals surface area contributed by atoms with Crippen LogP contribution in [0, 0.1) is 17.0 Å². The Morgan fingerprint density at radius 3 is 2.59 bits per heavy atom. The number of aromatic nitrogens is 1. The van der Waals surface area contributed by atoms with E-state index in [4.69, 9.17) is 10.2 Å². The summed E-state index contributed by atoms with van der Waals surface area (Å²) in [4.78, 5) is 35.6. The third kappa shape index (κ3) is 3.06. The third-order valence-corrected chi connectivity index (χ3v) is 4.63. The van der Waals surface area contributed by atoms with Gasteiger partial charge in [0, 0.05) is 17.6 Å². The highest BCUT2D eigenvalue weighted by atomic mass is 16.6. The number of para-hydroxylation sites is 1. The van der Waals surface area contributed by atoms with Crippen LogP contribution in [0.3, 0.4) is 0 Å². The van der Waals surface area contributed by atoms with Crippen LogP contribution in [0.4, 0.5) is 5.69 Å². The number of hydrogen-bond donors (Lipinski definition) is 1. The van der Waals surface area contributed by atoms with Gasteiger partial charge in [-0.15, -0.1) is 0 Å². The van der Waals surface area contributed by atoms with Crippen molar-refractivity contribution < 1.29 is 18.9 Å². The number of nitrogens with zero attached hydrogens (tertiary/aromatic N) is 2. The molecule has 2 aromatic carbocycles. The lowest BCUT2D eigenvalue weighted by Crippen LogP contribution is -2.12. The lowest BCUT2D eigenvalue weighted by molar-refractivity contribution is -0.384. The molecule has 0 aliphatic carbocycles. The minimum Gasteiger partial charge on any atom is -0.451 e. The molecule has 2 N–H and O–H groups in total. The molecule has 1 amide bonds. The number of carbonyl (C=O) groups is 2. The van der Waals surface area contributed by atoms with Gasteiger partial charge >= 0.3 is 0 Å². The molecule has 0 saturated carbocycles. The normalized spacial score (nSPS) is 10.9. The van der Waals surface area contributed by atoms with Gasteiger partial charge in [-0.2, -0.15) is 0 Å². The first kappa shape index (κ1) is 18.2. The molecule has 8 heteroatoms. The van der Waals surface area contributed by atoms with E-state index in [0.29, 0.717) is 10.9 Å². The summed E-state index contributed by atoms with van der Waals surface area (Å²) in [5, 5.41) is 11.9. The molecule has 144 valence electrons. The summed E-state index contributed by atoms with van der Waals surface area (Å²) >= 11 is 0. The van der Waals surface area contributed by atoms with E-state index in [-0.39, 0.29) is 28.3 Å². The molecule has 0 saturated heterocycles. The SMILES string of the molecule is Cc1ccc(-c2ccc(C(=O)n3cc(C(N)=O)c4ccccc43)o2)c([N+](=O)[O-])c1. The number of aryl methyl sites for hydroxylation is 1. The zero-order valence-corrected chi connectivity index (χ0v) is 15.3. The van der Waals surface area contributed by atoms with E-state index in [9.17, 15) is 19.7 Å². The Hall–Kier alpha value is -4.20. The van der Waals surface area contributed by atoms with Gasteiger partial charge in [-0.25, -0.2) is 0 Å². The summed E-state index contributed by atoms with van der Waals surface area (Å²) < 4.78 is 6.92. The van der Waals surface area contributed by atoms with Crippen LogP contribution in [0.1, 0.15) is 26.5 Å². The lowest BCUT2D eigenvalue weighted by Gasteiger charge is -2.03. The van der Waals surface area contributed by atoms with E-state index in [1.54, 1.807) is 43.3 Å². The van der Waals surface area contributed by atoms with Gasteiger partial charge in [0.05, 0.1) is 21.6 Å². The first-order valence-corrected chi connectivity index (χ1v) is 8.66. The van der Waals surface area contributed by atoms with Gasteiger partial charge in [-0.1, -0.05) is 24.3 Å². The van der Waals surface area contributed by atoms with Crippen LogP contribution >= 0.6 is 0 Å². The number of furan rings is 1. The summed E-state index contributed by atoms with van der Waals surface area (Å²) in [6, 6.07) is 14.6. The van der Waals surface area contributed by atoms with Crippen molar-refractivity contribution in [3.05, 3.63) is 87.8 Å². The van der Waals surface area contributed by atoms with E-state index in [0.717, 1.165) is 5.56 Å². The predicted molar refractivity (Wildman–Crippen MR) is 106 cm³/mol. The van der Waals surface area contributed by atoms with Crippen LogP contribution in [0.2, 0.25) is 0 Å². The first-order chi connectivity index (χ1) is 13.9. The number of rotatable bonds is 4. The summed E-state index contributed by atoms with van der Waals surface area (Å²) in [7, 11) is 0. The Bertz CT molecular complexity index is 1300. The Kier molecular flexibility index (Phi) is 4.23. The second-order valence-electron chi connectivity index (χ2n) is 6.54. The molecule has 0 unspecified atom stereocenters. The number of fused-ring (bicyclic) bond motifs is 1. The monoisotopic (exact) mass is 389 g/mol. The topological polar surface area (TPSA) is 121 Å². The molecule has 2 heterocycles. The fraction of sp³-hybridized carbons (Fsp3) is 0.0476. The predicted octanol–water partition coefficient (Wildman–Crippen LogP) is 3.91. The molecule has 4 rings (SSSR count). The minimum absolute atomic E-state index is 0.0216. The van der Waals surface area contributed by atoms with Crippen molar-refractivity contribution >= 4 is 28.4 Å². The van der Waals surface area contributed by atoms with Crippen molar-refractivity contribution in [2.45, 2.75) is 6.92 Å². The summed E-state index contributed by atoms with van der Waals surface area (Å²) in [6.45, 7) is 1.75. The Labute approximate surface area is 164 Å². The van der Waals surface area contributed by atoms with Gasteiger partial charge in [0.1, 0.15) is 5.76 Å². The van der Waals surface area contributed by atoms with Crippen molar-refractivity contribution in [3.63, 3.8) is 0 Å². The van der Waals surface area contributed by atoms with Crippen LogP contribution < -0.4 is 5.73 Å². The van der Waals surface area contributed by atoms with Gasteiger partial charge < -0.3 is 10.2 Å². The van der Waals surface area contributed by atoms with E-state index in [1.165, 1.54) is 29.0 Å². The maximum atomic E-state index is 13.0. The number of nitro groups is 1. The maximum Gasteiger partial charge on any atom is 0.298 e. The maximum absolute atomic E-state index is 13.0. The van der Waals surface area contributed by atoms with Crippen molar-refractivity contribution in [1.82, 2.24) is 4.57 Å². The fourth-order valence-electron chi connectivity index (χ4n) is 3.26. The summed E-state index contributed by atoms with van der Waals surface area (Å²) in [5.41, 5.74) is 7.04. The molecule has 0 spiro atoms. The van der Waals surface area contributed by atoms with Gasteiger partial charge in [0.2, 0.25) is 0 Å². The van der Waals surface area contributed by atoms with E-state index in [1.807, 2.05) is 0 Å². The largest absolute Gasteiger partial charge is 0.451 e. The van der Waals surface area contributed by atoms with Gasteiger partial charge in [-0.05, 0) is 36.8 Å². The van der Waals surface area contributed by atoms with Gasteiger partial charge in [-0.3, -0.25) is 24.3 Å². The van der Waals surface area contributed by atoms with Crippen LogP contribution in [-0.4, -0.2) is 21.3 Å². The highest BCUT2D eigenvalue weighted by molar-refractivity contribution is 6.10. The van der Waals surface area contributed by atoms with Crippen LogP contribution in [0.5, 0.6) is 0 Å². The molecular weight excluding hydrogens is 374 g/mol. The van der Waals surface area contributed by atoms with Crippen LogP contribution in [-0.2, 0) is 0 Å². The zero-order chi connectivity index (χ0) is 20.7. The summed E-state index contributed by atoms with van der Waals surface area (Å²) in [6.07, 6.45) is 1.37. The number of benzene rings is 2. The highest BCUT2D eigenvalue weighted by Crippen LogP contribution is 2.32.